The first kappa shape index (κ1) is 19.4. The van der Waals surface area contributed by atoms with Gasteiger partial charge in [0, 0.05) is 37.1 Å². The lowest BCUT2D eigenvalue weighted by molar-refractivity contribution is -0.116. The highest BCUT2D eigenvalue weighted by Crippen LogP contribution is 2.15. The molecule has 138 valence electrons. The van der Waals surface area contributed by atoms with Crippen LogP contribution >= 0.6 is 0 Å². The van der Waals surface area contributed by atoms with Crippen molar-refractivity contribution in [1.29, 1.82) is 0 Å². The van der Waals surface area contributed by atoms with Gasteiger partial charge in [0.05, 0.1) is 0 Å². The number of hydrogen-bond acceptors (Lipinski definition) is 4. The van der Waals surface area contributed by atoms with Gasteiger partial charge in [0.25, 0.3) is 5.91 Å². The van der Waals surface area contributed by atoms with Crippen molar-refractivity contribution < 1.29 is 9.59 Å². The monoisotopic (exact) mass is 354 g/mol. The van der Waals surface area contributed by atoms with Crippen LogP contribution in [0, 0.1) is 5.92 Å². The Kier molecular flexibility index (Phi) is 7.14. The Balaban J connectivity index is 1.97. The predicted octanol–water partition coefficient (Wildman–Crippen LogP) is 3.43. The maximum absolute atomic E-state index is 11.9. The number of nitrogens with one attached hydrogen (secondary N) is 3. The lowest BCUT2D eigenvalue weighted by atomic mass is 10.1. The molecule has 0 bridgehead atoms. The lowest BCUT2D eigenvalue weighted by Crippen LogP contribution is -2.23. The largest absolute Gasteiger partial charge is 0.381 e. The van der Waals surface area contributed by atoms with E-state index in [1.165, 1.54) is 0 Å². The Labute approximate surface area is 154 Å². The van der Waals surface area contributed by atoms with Crippen LogP contribution in [-0.4, -0.2) is 23.3 Å². The van der Waals surface area contributed by atoms with Gasteiger partial charge in [-0.25, -0.2) is 0 Å². The second kappa shape index (κ2) is 9.56. The quantitative estimate of drug-likeness (QED) is 0.678. The van der Waals surface area contributed by atoms with Gasteiger partial charge in [0.2, 0.25) is 5.91 Å². The summed E-state index contributed by atoms with van der Waals surface area (Å²) in [5.74, 6) is 0.155. The molecule has 6 heteroatoms. The first-order chi connectivity index (χ1) is 12.5. The highest BCUT2D eigenvalue weighted by molar-refractivity contribution is 5.93. The number of nitrogens with zero attached hydrogens (tertiary/aromatic N) is 1. The summed E-state index contributed by atoms with van der Waals surface area (Å²) in [6.07, 6.45) is 2.11. The van der Waals surface area contributed by atoms with E-state index in [2.05, 4.69) is 20.9 Å². The Morgan fingerprint density at radius 2 is 1.92 bits per heavy atom. The summed E-state index contributed by atoms with van der Waals surface area (Å²) in [5.41, 5.74) is 3.01. The molecule has 0 aliphatic carbocycles. The molecule has 26 heavy (non-hydrogen) atoms. The minimum absolute atomic E-state index is 0.0193. The summed E-state index contributed by atoms with van der Waals surface area (Å²) >= 11 is 0. The van der Waals surface area contributed by atoms with E-state index in [9.17, 15) is 9.59 Å². The van der Waals surface area contributed by atoms with Gasteiger partial charge in [-0.1, -0.05) is 26.0 Å². The van der Waals surface area contributed by atoms with Crippen molar-refractivity contribution in [3.8, 4) is 0 Å². The number of pyridine rings is 1. The molecule has 0 spiro atoms. The number of carbonyl (C=O) groups excluding carboxylic acids is 2. The highest BCUT2D eigenvalue weighted by Gasteiger charge is 2.07. The molecule has 0 fully saturated rings. The normalized spacial score (nSPS) is 10.5. The minimum Gasteiger partial charge on any atom is -0.381 e. The van der Waals surface area contributed by atoms with Crippen molar-refractivity contribution >= 4 is 23.2 Å². The van der Waals surface area contributed by atoms with Crippen LogP contribution < -0.4 is 16.0 Å². The van der Waals surface area contributed by atoms with Crippen molar-refractivity contribution in [2.45, 2.75) is 33.7 Å². The Hall–Kier alpha value is -2.89. The summed E-state index contributed by atoms with van der Waals surface area (Å²) in [4.78, 5) is 27.8. The molecule has 0 aliphatic rings. The van der Waals surface area contributed by atoms with E-state index in [1.807, 2.05) is 51.1 Å². The number of benzene rings is 1. The van der Waals surface area contributed by atoms with E-state index in [0.29, 0.717) is 31.1 Å². The average Bonchev–Trinajstić information content (AvgIpc) is 2.60. The predicted molar refractivity (Wildman–Crippen MR) is 104 cm³/mol. The van der Waals surface area contributed by atoms with Crippen molar-refractivity contribution in [2.24, 2.45) is 5.92 Å². The van der Waals surface area contributed by atoms with Gasteiger partial charge < -0.3 is 16.0 Å². The molecule has 0 saturated carbocycles. The molecule has 2 aromatic rings. The second-order valence-electron chi connectivity index (χ2n) is 6.49. The number of anilines is 2. The van der Waals surface area contributed by atoms with Crippen LogP contribution in [0.1, 0.15) is 43.2 Å². The van der Waals surface area contributed by atoms with Crippen LogP contribution in [0.25, 0.3) is 0 Å². The molecule has 1 heterocycles. The Morgan fingerprint density at radius 3 is 2.65 bits per heavy atom. The highest BCUT2D eigenvalue weighted by atomic mass is 16.2. The Morgan fingerprint density at radius 1 is 1.12 bits per heavy atom. The summed E-state index contributed by atoms with van der Waals surface area (Å²) in [6, 6.07) is 11.3. The van der Waals surface area contributed by atoms with Crippen LogP contribution in [0.2, 0.25) is 0 Å². The van der Waals surface area contributed by atoms with Crippen LogP contribution in [0.4, 0.5) is 11.4 Å². The van der Waals surface area contributed by atoms with Gasteiger partial charge >= 0.3 is 0 Å². The molecule has 2 amide bonds. The maximum atomic E-state index is 11.9. The number of rotatable bonds is 8. The molecule has 0 radical (unpaired) electrons. The zero-order valence-electron chi connectivity index (χ0n) is 15.5. The van der Waals surface area contributed by atoms with Gasteiger partial charge in [-0.2, -0.15) is 0 Å². The topological polar surface area (TPSA) is 83.1 Å². The molecule has 6 nitrogen and oxygen atoms in total. The number of aromatic nitrogens is 1. The molecule has 1 aromatic heterocycles. The third-order valence-electron chi connectivity index (χ3n) is 3.63. The van der Waals surface area contributed by atoms with E-state index in [4.69, 9.17) is 0 Å². The van der Waals surface area contributed by atoms with Crippen molar-refractivity contribution in [2.75, 3.05) is 17.2 Å². The number of amides is 2. The van der Waals surface area contributed by atoms with Crippen molar-refractivity contribution in [1.82, 2.24) is 10.3 Å². The van der Waals surface area contributed by atoms with E-state index < -0.39 is 0 Å². The van der Waals surface area contributed by atoms with Crippen molar-refractivity contribution in [3.05, 3.63) is 53.9 Å². The average molecular weight is 354 g/mol. The zero-order chi connectivity index (χ0) is 18.9. The standard InChI is InChI=1S/C20H26N4O2/c1-4-21-20(26)18-12-16(8-9-22-18)23-13-15-6-5-7-17(11-15)24-19(25)10-14(2)3/h5-9,11-12,14H,4,10,13H2,1-3H3,(H,21,26)(H,22,23)(H,24,25). The summed E-state index contributed by atoms with van der Waals surface area (Å²) in [7, 11) is 0. The molecule has 3 N–H and O–H groups in total. The van der Waals surface area contributed by atoms with Gasteiger partial charge in [-0.15, -0.1) is 0 Å². The van der Waals surface area contributed by atoms with Gasteiger partial charge in [0.15, 0.2) is 0 Å². The third-order valence-corrected chi connectivity index (χ3v) is 3.63. The smallest absolute Gasteiger partial charge is 0.269 e. The van der Waals surface area contributed by atoms with E-state index in [-0.39, 0.29) is 11.8 Å². The number of carbonyl (C=O) groups is 2. The molecule has 0 aliphatic heterocycles. The van der Waals surface area contributed by atoms with E-state index in [1.54, 1.807) is 12.3 Å². The van der Waals surface area contributed by atoms with Crippen LogP contribution in [0.3, 0.4) is 0 Å². The van der Waals surface area contributed by atoms with Crippen molar-refractivity contribution in [3.63, 3.8) is 0 Å². The fraction of sp³-hybridized carbons (Fsp3) is 0.350. The minimum atomic E-state index is -0.189. The fourth-order valence-corrected chi connectivity index (χ4v) is 2.46. The lowest BCUT2D eigenvalue weighted by Gasteiger charge is -2.11. The molecular formula is C20H26N4O2. The molecule has 2 rings (SSSR count). The fourth-order valence-electron chi connectivity index (χ4n) is 2.46. The third kappa shape index (κ3) is 6.20. The first-order valence-electron chi connectivity index (χ1n) is 8.85. The summed E-state index contributed by atoms with van der Waals surface area (Å²) < 4.78 is 0. The van der Waals surface area contributed by atoms with Crippen LogP contribution in [0.15, 0.2) is 42.6 Å². The van der Waals surface area contributed by atoms with Crippen LogP contribution in [-0.2, 0) is 11.3 Å². The SMILES string of the molecule is CCNC(=O)c1cc(NCc2cccc(NC(=O)CC(C)C)c2)ccn1. The second-order valence-corrected chi connectivity index (χ2v) is 6.49. The molecule has 0 atom stereocenters. The van der Waals surface area contributed by atoms with E-state index >= 15 is 0 Å². The molecule has 0 unspecified atom stereocenters. The van der Waals surface area contributed by atoms with Gasteiger partial charge in [-0.3, -0.25) is 14.6 Å². The molecule has 1 aromatic carbocycles. The first-order valence-corrected chi connectivity index (χ1v) is 8.85. The number of hydrogen-bond donors (Lipinski definition) is 3. The maximum Gasteiger partial charge on any atom is 0.269 e. The van der Waals surface area contributed by atoms with Gasteiger partial charge in [-0.05, 0) is 42.7 Å². The zero-order valence-corrected chi connectivity index (χ0v) is 15.5. The van der Waals surface area contributed by atoms with Crippen LogP contribution in [0.5, 0.6) is 0 Å². The summed E-state index contributed by atoms with van der Waals surface area (Å²) in [5, 5.41) is 8.93. The molecule has 0 saturated heterocycles. The van der Waals surface area contributed by atoms with E-state index in [0.717, 1.165) is 16.9 Å². The molecular weight excluding hydrogens is 328 g/mol. The summed E-state index contributed by atoms with van der Waals surface area (Å²) in [6.45, 7) is 7.04. The van der Waals surface area contributed by atoms with Gasteiger partial charge in [0.1, 0.15) is 5.69 Å². The Bertz CT molecular complexity index is 759.